The number of carbonyl (C=O) groups is 5. The van der Waals surface area contributed by atoms with Gasteiger partial charge < -0.3 is 31.0 Å². The molecule has 0 saturated carbocycles. The Labute approximate surface area is 167 Å². The number of phenols is 1. The Hall–Kier alpha value is -3.43. The number of aromatic hydroxyl groups is 1. The van der Waals surface area contributed by atoms with Crippen LogP contribution in [0.15, 0.2) is 24.3 Å². The summed E-state index contributed by atoms with van der Waals surface area (Å²) in [6.07, 6.45) is -0.275. The summed E-state index contributed by atoms with van der Waals surface area (Å²) in [7, 11) is 0. The largest absolute Gasteiger partial charge is 0.508 e. The molecular formula is C19H25N3O7. The molecule has 3 amide bonds. The van der Waals surface area contributed by atoms with E-state index in [-0.39, 0.29) is 17.2 Å². The Bertz CT molecular complexity index is 762. The minimum atomic E-state index is -1.25. The van der Waals surface area contributed by atoms with Crippen molar-refractivity contribution in [3.63, 3.8) is 0 Å². The molecule has 1 aromatic carbocycles. The second kappa shape index (κ2) is 10.8. The van der Waals surface area contributed by atoms with Crippen molar-refractivity contribution < 1.29 is 34.2 Å². The Morgan fingerprint density at radius 2 is 1.55 bits per heavy atom. The van der Waals surface area contributed by atoms with Gasteiger partial charge in [-0.1, -0.05) is 13.8 Å². The number of carbonyl (C=O) groups excluding carboxylic acids is 4. The lowest BCUT2D eigenvalue weighted by Gasteiger charge is -2.24. The molecule has 1 rings (SSSR count). The van der Waals surface area contributed by atoms with Crippen molar-refractivity contribution >= 4 is 30.0 Å². The number of benzene rings is 1. The van der Waals surface area contributed by atoms with Crippen LogP contribution in [0.3, 0.4) is 0 Å². The molecule has 158 valence electrons. The van der Waals surface area contributed by atoms with Crippen LogP contribution >= 0.6 is 0 Å². The molecule has 0 spiro atoms. The van der Waals surface area contributed by atoms with Crippen LogP contribution in [0.1, 0.15) is 37.6 Å². The molecule has 0 aliphatic rings. The van der Waals surface area contributed by atoms with Gasteiger partial charge in [-0.3, -0.25) is 19.2 Å². The molecule has 0 saturated heterocycles. The monoisotopic (exact) mass is 407 g/mol. The number of phenolic OH excluding ortho intramolecular Hbond substituents is 1. The molecule has 0 aromatic heterocycles. The van der Waals surface area contributed by atoms with Crippen LogP contribution in [-0.2, 0) is 19.2 Å². The highest BCUT2D eigenvalue weighted by Crippen LogP contribution is 2.11. The molecule has 0 aliphatic heterocycles. The number of nitrogens with one attached hydrogen (secondary N) is 3. The summed E-state index contributed by atoms with van der Waals surface area (Å²) in [5.41, 5.74) is 0.245. The van der Waals surface area contributed by atoms with Gasteiger partial charge in [-0.2, -0.15) is 0 Å². The first-order valence-corrected chi connectivity index (χ1v) is 8.92. The SMILES string of the molecule is CC(C)[C@H](NC(=O)c1ccc(O)cc1)C(=O)N[C@@H](C)C(=O)N[C@H](C=O)CC(=O)O. The molecular weight excluding hydrogens is 382 g/mol. The minimum absolute atomic E-state index is 0.00364. The molecule has 0 unspecified atom stereocenters. The van der Waals surface area contributed by atoms with Gasteiger partial charge in [-0.25, -0.2) is 0 Å². The lowest BCUT2D eigenvalue weighted by Crippen LogP contribution is -2.55. The van der Waals surface area contributed by atoms with Crippen LogP contribution in [0.25, 0.3) is 0 Å². The molecule has 10 heteroatoms. The van der Waals surface area contributed by atoms with E-state index < -0.39 is 48.2 Å². The zero-order chi connectivity index (χ0) is 22.1. The van der Waals surface area contributed by atoms with Gasteiger partial charge in [0.25, 0.3) is 5.91 Å². The molecule has 0 radical (unpaired) electrons. The van der Waals surface area contributed by atoms with Gasteiger partial charge in [0.15, 0.2) is 0 Å². The number of carboxylic acid groups (broad SMARTS) is 1. The predicted octanol–water partition coefficient (Wildman–Crippen LogP) is -0.190. The molecule has 29 heavy (non-hydrogen) atoms. The van der Waals surface area contributed by atoms with E-state index in [4.69, 9.17) is 5.11 Å². The molecule has 1 aromatic rings. The average molecular weight is 407 g/mol. The normalized spacial score (nSPS) is 13.7. The molecule has 0 aliphatic carbocycles. The summed E-state index contributed by atoms with van der Waals surface area (Å²) in [4.78, 5) is 58.5. The van der Waals surface area contributed by atoms with Gasteiger partial charge >= 0.3 is 5.97 Å². The second-order valence-electron chi connectivity index (χ2n) is 6.82. The zero-order valence-electron chi connectivity index (χ0n) is 16.3. The summed E-state index contributed by atoms with van der Waals surface area (Å²) < 4.78 is 0. The van der Waals surface area contributed by atoms with E-state index in [1.165, 1.54) is 31.2 Å². The number of amides is 3. The predicted molar refractivity (Wildman–Crippen MR) is 102 cm³/mol. The average Bonchev–Trinajstić information content (AvgIpc) is 2.64. The van der Waals surface area contributed by atoms with Gasteiger partial charge in [0.05, 0.1) is 12.5 Å². The van der Waals surface area contributed by atoms with Gasteiger partial charge in [0.2, 0.25) is 11.8 Å². The molecule has 5 N–H and O–H groups in total. The first kappa shape index (κ1) is 23.6. The number of aliphatic carboxylic acids is 1. The summed E-state index contributed by atoms with van der Waals surface area (Å²) in [6, 6.07) is 2.25. The fourth-order valence-electron chi connectivity index (χ4n) is 2.37. The molecule has 0 heterocycles. The molecule has 10 nitrogen and oxygen atoms in total. The van der Waals surface area contributed by atoms with Crippen molar-refractivity contribution in [2.45, 2.75) is 45.3 Å². The maximum Gasteiger partial charge on any atom is 0.305 e. The summed E-state index contributed by atoms with van der Waals surface area (Å²) in [5, 5.41) is 25.2. The van der Waals surface area contributed by atoms with Crippen LogP contribution in [0.5, 0.6) is 5.75 Å². The fourth-order valence-corrected chi connectivity index (χ4v) is 2.37. The smallest absolute Gasteiger partial charge is 0.305 e. The van der Waals surface area contributed by atoms with Crippen LogP contribution < -0.4 is 16.0 Å². The van der Waals surface area contributed by atoms with Crippen molar-refractivity contribution in [3.8, 4) is 5.75 Å². The van der Waals surface area contributed by atoms with Crippen molar-refractivity contribution in [2.75, 3.05) is 0 Å². The lowest BCUT2D eigenvalue weighted by atomic mass is 10.0. The second-order valence-corrected chi connectivity index (χ2v) is 6.82. The maximum atomic E-state index is 12.5. The van der Waals surface area contributed by atoms with Crippen LogP contribution in [0.4, 0.5) is 0 Å². The Kier molecular flexibility index (Phi) is 8.78. The third-order valence-electron chi connectivity index (χ3n) is 4.00. The minimum Gasteiger partial charge on any atom is -0.508 e. The number of aldehydes is 1. The van der Waals surface area contributed by atoms with Crippen LogP contribution in [0.2, 0.25) is 0 Å². The number of hydrogen-bond acceptors (Lipinski definition) is 6. The third-order valence-corrected chi connectivity index (χ3v) is 4.00. The Balaban J connectivity index is 2.74. The van der Waals surface area contributed by atoms with Gasteiger partial charge in [0, 0.05) is 5.56 Å². The summed E-state index contributed by atoms with van der Waals surface area (Å²) in [5.74, 6) is -3.44. The van der Waals surface area contributed by atoms with Gasteiger partial charge in [0.1, 0.15) is 24.1 Å². The number of hydrogen-bond donors (Lipinski definition) is 5. The molecule has 0 bridgehead atoms. The van der Waals surface area contributed by atoms with E-state index in [0.717, 1.165) is 0 Å². The molecule has 0 fully saturated rings. The number of carboxylic acids is 1. The first-order chi connectivity index (χ1) is 13.5. The van der Waals surface area contributed by atoms with Crippen LogP contribution in [0, 0.1) is 5.92 Å². The Morgan fingerprint density at radius 1 is 0.966 bits per heavy atom. The van der Waals surface area contributed by atoms with Gasteiger partial charge in [-0.15, -0.1) is 0 Å². The molecule has 3 atom stereocenters. The highest BCUT2D eigenvalue weighted by molar-refractivity contribution is 5.98. The van der Waals surface area contributed by atoms with E-state index in [0.29, 0.717) is 6.29 Å². The Morgan fingerprint density at radius 3 is 2.03 bits per heavy atom. The van der Waals surface area contributed by atoms with Gasteiger partial charge in [-0.05, 0) is 37.1 Å². The zero-order valence-corrected chi connectivity index (χ0v) is 16.3. The van der Waals surface area contributed by atoms with E-state index in [1.54, 1.807) is 13.8 Å². The quantitative estimate of drug-likeness (QED) is 0.336. The van der Waals surface area contributed by atoms with Crippen molar-refractivity contribution in [2.24, 2.45) is 5.92 Å². The van der Waals surface area contributed by atoms with Crippen LogP contribution in [-0.4, -0.2) is 58.3 Å². The van der Waals surface area contributed by atoms with E-state index >= 15 is 0 Å². The maximum absolute atomic E-state index is 12.5. The summed E-state index contributed by atoms with van der Waals surface area (Å²) >= 11 is 0. The lowest BCUT2D eigenvalue weighted by molar-refractivity contribution is -0.139. The number of rotatable bonds is 10. The van der Waals surface area contributed by atoms with E-state index in [9.17, 15) is 29.1 Å². The summed E-state index contributed by atoms with van der Waals surface area (Å²) in [6.45, 7) is 4.79. The van der Waals surface area contributed by atoms with Crippen molar-refractivity contribution in [3.05, 3.63) is 29.8 Å². The highest BCUT2D eigenvalue weighted by atomic mass is 16.4. The topological polar surface area (TPSA) is 162 Å². The highest BCUT2D eigenvalue weighted by Gasteiger charge is 2.28. The first-order valence-electron chi connectivity index (χ1n) is 8.92. The van der Waals surface area contributed by atoms with Crippen molar-refractivity contribution in [1.82, 2.24) is 16.0 Å². The van der Waals surface area contributed by atoms with E-state index in [2.05, 4.69) is 16.0 Å². The fraction of sp³-hybridized carbons (Fsp3) is 0.421. The van der Waals surface area contributed by atoms with Crippen molar-refractivity contribution in [1.29, 1.82) is 0 Å². The standard InChI is InChI=1S/C19H25N3O7/c1-10(2)16(22-18(28)12-4-6-14(24)7-5-12)19(29)20-11(3)17(27)21-13(9-23)8-15(25)26/h4-7,9-11,13,16,24H,8H2,1-3H3,(H,20,29)(H,21,27)(H,22,28)(H,25,26)/t11-,13-,16-/m0/s1. The third kappa shape index (κ3) is 7.60. The van der Waals surface area contributed by atoms with E-state index in [1.807, 2.05) is 0 Å².